The molecule has 0 saturated heterocycles. The molecule has 0 unspecified atom stereocenters. The van der Waals surface area contributed by atoms with E-state index in [0.717, 1.165) is 30.0 Å². The summed E-state index contributed by atoms with van der Waals surface area (Å²) in [5, 5.41) is 6.87. The number of anilines is 2. The predicted octanol–water partition coefficient (Wildman–Crippen LogP) is 5.94. The Kier molecular flexibility index (Phi) is 5.58. The number of ether oxygens (including phenoxy) is 1. The standard InChI is InChI=1S/C24H17F5N6O/c1-13-11-34(12-30-13)19-7-4-15(10-20(19)36-2)31-23-32-22-16(14-3-6-17(25)18(26)9-14)5-8-21(24(27,28)29)35(22)33-23/h3-12H,1-2H3,(H,31,33). The Balaban J connectivity index is 1.58. The minimum atomic E-state index is -4.73. The van der Waals surface area contributed by atoms with Crippen molar-refractivity contribution in [3.63, 3.8) is 0 Å². The molecule has 0 aliphatic carbocycles. The van der Waals surface area contributed by atoms with E-state index in [1.54, 1.807) is 29.1 Å². The highest BCUT2D eigenvalue weighted by Crippen LogP contribution is 2.35. The van der Waals surface area contributed by atoms with Gasteiger partial charge in [0.1, 0.15) is 11.4 Å². The first kappa shape index (κ1) is 23.3. The molecule has 12 heteroatoms. The molecule has 2 aromatic carbocycles. The Morgan fingerprint density at radius 2 is 1.78 bits per heavy atom. The van der Waals surface area contributed by atoms with E-state index in [-0.39, 0.29) is 22.7 Å². The molecule has 5 aromatic rings. The minimum absolute atomic E-state index is 0.135. The number of aryl methyl sites for hydroxylation is 1. The Hall–Kier alpha value is -4.48. The molecule has 36 heavy (non-hydrogen) atoms. The first-order valence-corrected chi connectivity index (χ1v) is 10.5. The second kappa shape index (κ2) is 8.63. The average Bonchev–Trinajstić information content (AvgIpc) is 3.45. The van der Waals surface area contributed by atoms with Crippen LogP contribution in [0.15, 0.2) is 61.1 Å². The number of fused-ring (bicyclic) bond motifs is 1. The van der Waals surface area contributed by atoms with Crippen LogP contribution in [0.25, 0.3) is 22.5 Å². The number of methoxy groups -OCH3 is 1. The predicted molar refractivity (Wildman–Crippen MR) is 121 cm³/mol. The van der Waals surface area contributed by atoms with Crippen molar-refractivity contribution in [2.75, 3.05) is 12.4 Å². The van der Waals surface area contributed by atoms with E-state index < -0.39 is 23.5 Å². The van der Waals surface area contributed by atoms with Crippen molar-refractivity contribution in [1.82, 2.24) is 24.1 Å². The summed E-state index contributed by atoms with van der Waals surface area (Å²) in [6, 6.07) is 10.1. The molecule has 0 saturated carbocycles. The summed E-state index contributed by atoms with van der Waals surface area (Å²) in [6.07, 6.45) is -1.29. The summed E-state index contributed by atoms with van der Waals surface area (Å²) in [4.78, 5) is 8.41. The number of halogens is 5. The molecule has 0 spiro atoms. The first-order chi connectivity index (χ1) is 17.1. The Labute approximate surface area is 200 Å². The van der Waals surface area contributed by atoms with Crippen LogP contribution >= 0.6 is 0 Å². The van der Waals surface area contributed by atoms with E-state index in [9.17, 15) is 22.0 Å². The summed E-state index contributed by atoms with van der Waals surface area (Å²) in [5.41, 5.74) is 0.992. The van der Waals surface area contributed by atoms with Gasteiger partial charge in [0, 0.05) is 23.5 Å². The van der Waals surface area contributed by atoms with Crippen LogP contribution in [0, 0.1) is 18.6 Å². The number of nitrogens with one attached hydrogen (secondary N) is 1. The van der Waals surface area contributed by atoms with E-state index in [1.165, 1.54) is 13.2 Å². The molecule has 0 fully saturated rings. The third-order valence-corrected chi connectivity index (χ3v) is 5.43. The second-order valence-corrected chi connectivity index (χ2v) is 7.86. The molecular weight excluding hydrogens is 483 g/mol. The van der Waals surface area contributed by atoms with Gasteiger partial charge in [-0.15, -0.1) is 5.10 Å². The van der Waals surface area contributed by atoms with Crippen molar-refractivity contribution in [2.24, 2.45) is 0 Å². The second-order valence-electron chi connectivity index (χ2n) is 7.86. The van der Waals surface area contributed by atoms with Crippen molar-refractivity contribution in [3.8, 4) is 22.6 Å². The lowest BCUT2D eigenvalue weighted by Crippen LogP contribution is -2.12. The average molecular weight is 500 g/mol. The maximum absolute atomic E-state index is 13.8. The van der Waals surface area contributed by atoms with E-state index >= 15 is 0 Å². The van der Waals surface area contributed by atoms with Crippen LogP contribution in [0.5, 0.6) is 5.75 Å². The van der Waals surface area contributed by atoms with Crippen LogP contribution in [0.1, 0.15) is 11.4 Å². The molecule has 0 bridgehead atoms. The molecule has 7 nitrogen and oxygen atoms in total. The zero-order valence-electron chi connectivity index (χ0n) is 18.8. The van der Waals surface area contributed by atoms with E-state index in [4.69, 9.17) is 4.74 Å². The summed E-state index contributed by atoms with van der Waals surface area (Å²) < 4.78 is 76.1. The van der Waals surface area contributed by atoms with Crippen molar-refractivity contribution in [1.29, 1.82) is 0 Å². The fourth-order valence-corrected chi connectivity index (χ4v) is 3.77. The van der Waals surface area contributed by atoms with Crippen LogP contribution in [-0.4, -0.2) is 31.3 Å². The third kappa shape index (κ3) is 4.21. The topological polar surface area (TPSA) is 69.3 Å². The van der Waals surface area contributed by atoms with E-state index in [1.807, 2.05) is 13.1 Å². The molecule has 184 valence electrons. The van der Waals surface area contributed by atoms with Gasteiger partial charge in [-0.3, -0.25) is 0 Å². The Morgan fingerprint density at radius 1 is 0.972 bits per heavy atom. The Morgan fingerprint density at radius 3 is 2.44 bits per heavy atom. The number of hydrogen-bond donors (Lipinski definition) is 1. The smallest absolute Gasteiger partial charge is 0.433 e. The number of hydrogen-bond acceptors (Lipinski definition) is 5. The third-order valence-electron chi connectivity index (χ3n) is 5.43. The van der Waals surface area contributed by atoms with Gasteiger partial charge >= 0.3 is 6.18 Å². The highest BCUT2D eigenvalue weighted by Gasteiger charge is 2.35. The molecule has 0 aliphatic heterocycles. The quantitative estimate of drug-likeness (QED) is 0.303. The maximum Gasteiger partial charge on any atom is 0.433 e. The van der Waals surface area contributed by atoms with Gasteiger partial charge in [-0.1, -0.05) is 6.07 Å². The monoisotopic (exact) mass is 500 g/mol. The van der Waals surface area contributed by atoms with Crippen molar-refractivity contribution >= 4 is 17.3 Å². The summed E-state index contributed by atoms with van der Waals surface area (Å²) in [6.45, 7) is 1.85. The normalized spacial score (nSPS) is 11.8. The van der Waals surface area contributed by atoms with Crippen LogP contribution in [-0.2, 0) is 6.18 Å². The van der Waals surface area contributed by atoms with Gasteiger partial charge in [0.2, 0.25) is 5.95 Å². The van der Waals surface area contributed by atoms with Gasteiger partial charge in [0.05, 0.1) is 24.8 Å². The van der Waals surface area contributed by atoms with E-state index in [2.05, 4.69) is 20.4 Å². The zero-order chi connectivity index (χ0) is 25.6. The number of aromatic nitrogens is 5. The lowest BCUT2D eigenvalue weighted by atomic mass is 10.1. The van der Waals surface area contributed by atoms with E-state index in [0.29, 0.717) is 21.6 Å². The number of pyridine rings is 1. The fourth-order valence-electron chi connectivity index (χ4n) is 3.77. The fraction of sp³-hybridized carbons (Fsp3) is 0.125. The summed E-state index contributed by atoms with van der Waals surface area (Å²) >= 11 is 0. The number of alkyl halides is 3. The van der Waals surface area contributed by atoms with Crippen LogP contribution in [0.4, 0.5) is 33.6 Å². The van der Waals surface area contributed by atoms with Gasteiger partial charge < -0.3 is 14.6 Å². The SMILES string of the molecule is COc1cc(Nc2nc3c(-c4ccc(F)c(F)c4)ccc(C(F)(F)F)n3n2)ccc1-n1cnc(C)c1. The van der Waals surface area contributed by atoms with Crippen molar-refractivity contribution < 1.29 is 26.7 Å². The zero-order valence-corrected chi connectivity index (χ0v) is 18.8. The molecular formula is C24H17F5N6O. The molecule has 5 rings (SSSR count). The van der Waals surface area contributed by atoms with Crippen LogP contribution < -0.4 is 10.1 Å². The van der Waals surface area contributed by atoms with Gasteiger partial charge in [-0.25, -0.2) is 18.3 Å². The van der Waals surface area contributed by atoms with Gasteiger partial charge in [0.15, 0.2) is 17.3 Å². The summed E-state index contributed by atoms with van der Waals surface area (Å²) in [7, 11) is 1.49. The molecule has 0 amide bonds. The van der Waals surface area contributed by atoms with Gasteiger partial charge in [0.25, 0.3) is 0 Å². The van der Waals surface area contributed by atoms with Crippen molar-refractivity contribution in [2.45, 2.75) is 13.1 Å². The highest BCUT2D eigenvalue weighted by molar-refractivity contribution is 5.79. The van der Waals surface area contributed by atoms with Crippen molar-refractivity contribution in [3.05, 3.63) is 84.1 Å². The minimum Gasteiger partial charge on any atom is -0.494 e. The lowest BCUT2D eigenvalue weighted by Gasteiger charge is -2.11. The first-order valence-electron chi connectivity index (χ1n) is 10.5. The van der Waals surface area contributed by atoms with Gasteiger partial charge in [-0.2, -0.15) is 18.2 Å². The number of nitrogens with zero attached hydrogens (tertiary/aromatic N) is 5. The van der Waals surface area contributed by atoms with Gasteiger partial charge in [-0.05, 0) is 48.9 Å². The number of benzene rings is 2. The maximum atomic E-state index is 13.8. The number of imidazole rings is 1. The molecule has 1 N–H and O–H groups in total. The van der Waals surface area contributed by atoms with Crippen LogP contribution in [0.3, 0.4) is 0 Å². The number of rotatable bonds is 5. The molecule has 0 atom stereocenters. The molecule has 3 heterocycles. The molecule has 0 aliphatic rings. The van der Waals surface area contributed by atoms with Crippen LogP contribution in [0.2, 0.25) is 0 Å². The largest absolute Gasteiger partial charge is 0.494 e. The molecule has 0 radical (unpaired) electrons. The lowest BCUT2D eigenvalue weighted by molar-refractivity contribution is -0.142. The molecule has 3 aromatic heterocycles. The highest BCUT2D eigenvalue weighted by atomic mass is 19.4. The summed E-state index contributed by atoms with van der Waals surface area (Å²) in [5.74, 6) is -1.87. The Bertz CT molecular complexity index is 1590.